The van der Waals surface area contributed by atoms with Crippen LogP contribution in [0.5, 0.6) is 0 Å². The molecule has 1 aromatic carbocycles. The van der Waals surface area contributed by atoms with E-state index < -0.39 is 10.0 Å². The van der Waals surface area contributed by atoms with Crippen molar-refractivity contribution in [2.45, 2.75) is 38.6 Å². The maximum absolute atomic E-state index is 12.9. The van der Waals surface area contributed by atoms with Gasteiger partial charge in [-0.1, -0.05) is 49.3 Å². The Bertz CT molecular complexity index is 945. The number of rotatable bonds is 7. The number of hydrogen-bond acceptors (Lipinski definition) is 6. The zero-order valence-electron chi connectivity index (χ0n) is 18.0. The quantitative estimate of drug-likeness (QED) is 0.717. The zero-order valence-corrected chi connectivity index (χ0v) is 18.8. The number of hydrogen-bond donors (Lipinski definition) is 1. The van der Waals surface area contributed by atoms with Gasteiger partial charge in [-0.2, -0.15) is 4.31 Å². The van der Waals surface area contributed by atoms with Gasteiger partial charge < -0.3 is 9.84 Å². The molecule has 3 rings (SSSR count). The molecule has 1 aromatic heterocycles. The zero-order chi connectivity index (χ0) is 21.9. The van der Waals surface area contributed by atoms with Crippen LogP contribution in [0, 0.1) is 19.8 Å². The van der Waals surface area contributed by atoms with Crippen LogP contribution in [-0.2, 0) is 14.8 Å². The Labute approximate surface area is 178 Å². The summed E-state index contributed by atoms with van der Waals surface area (Å²) in [7, 11) is -3.65. The molecule has 0 bridgehead atoms. The van der Waals surface area contributed by atoms with Gasteiger partial charge in [0.25, 0.3) is 0 Å². The molecular weight excluding hydrogens is 404 g/mol. The number of piperazine rings is 1. The van der Waals surface area contributed by atoms with E-state index in [1.165, 1.54) is 4.31 Å². The summed E-state index contributed by atoms with van der Waals surface area (Å²) < 4.78 is 32.3. The maximum atomic E-state index is 12.9. The van der Waals surface area contributed by atoms with Crippen LogP contribution >= 0.6 is 0 Å². The molecule has 1 amide bonds. The van der Waals surface area contributed by atoms with E-state index in [4.69, 9.17) is 4.52 Å². The summed E-state index contributed by atoms with van der Waals surface area (Å²) in [5, 5.41) is 6.88. The van der Waals surface area contributed by atoms with Crippen molar-refractivity contribution in [3.8, 4) is 0 Å². The van der Waals surface area contributed by atoms with Crippen molar-refractivity contribution in [1.82, 2.24) is 19.7 Å². The maximum Gasteiger partial charge on any atom is 0.248 e. The highest BCUT2D eigenvalue weighted by Gasteiger charge is 2.33. The Balaban J connectivity index is 1.57. The van der Waals surface area contributed by atoms with Crippen molar-refractivity contribution in [2.75, 3.05) is 32.7 Å². The van der Waals surface area contributed by atoms with Crippen molar-refractivity contribution in [2.24, 2.45) is 5.92 Å². The Hall–Kier alpha value is -2.23. The predicted molar refractivity (Wildman–Crippen MR) is 113 cm³/mol. The van der Waals surface area contributed by atoms with Gasteiger partial charge in [0.1, 0.15) is 10.6 Å². The average Bonchev–Trinajstić information content (AvgIpc) is 3.06. The molecule has 0 radical (unpaired) electrons. The fourth-order valence-corrected chi connectivity index (χ4v) is 5.53. The first-order valence-corrected chi connectivity index (χ1v) is 11.6. The normalized spacial score (nSPS) is 17.2. The Morgan fingerprint density at radius 1 is 1.13 bits per heavy atom. The molecule has 1 saturated heterocycles. The second-order valence-corrected chi connectivity index (χ2v) is 9.91. The SMILES string of the molecule is Cc1noc(C)c1S(=O)(=O)N1CCN(CC(=O)NC(c2ccccc2)C(C)C)CC1. The summed E-state index contributed by atoms with van der Waals surface area (Å²) >= 11 is 0. The van der Waals surface area contributed by atoms with Crippen LogP contribution in [-0.4, -0.2) is 61.4 Å². The summed E-state index contributed by atoms with van der Waals surface area (Å²) in [6.07, 6.45) is 0. The third-order valence-electron chi connectivity index (χ3n) is 5.41. The van der Waals surface area contributed by atoms with E-state index in [2.05, 4.69) is 24.3 Å². The molecule has 1 aliphatic heterocycles. The molecule has 164 valence electrons. The third-order valence-corrected chi connectivity index (χ3v) is 7.55. The first-order chi connectivity index (χ1) is 14.2. The fraction of sp³-hybridized carbons (Fsp3) is 0.524. The number of sulfonamides is 1. The second-order valence-electron chi connectivity index (χ2n) is 8.03. The van der Waals surface area contributed by atoms with Gasteiger partial charge in [-0.15, -0.1) is 0 Å². The van der Waals surface area contributed by atoms with Crippen molar-refractivity contribution in [1.29, 1.82) is 0 Å². The van der Waals surface area contributed by atoms with E-state index in [0.717, 1.165) is 5.56 Å². The van der Waals surface area contributed by atoms with E-state index in [1.54, 1.807) is 13.8 Å². The number of amides is 1. The Morgan fingerprint density at radius 2 is 1.77 bits per heavy atom. The molecule has 0 aliphatic carbocycles. The molecule has 9 heteroatoms. The first kappa shape index (κ1) is 22.5. The van der Waals surface area contributed by atoms with Crippen LogP contribution < -0.4 is 5.32 Å². The lowest BCUT2D eigenvalue weighted by Crippen LogP contribution is -2.51. The lowest BCUT2D eigenvalue weighted by atomic mass is 9.96. The van der Waals surface area contributed by atoms with Crippen LogP contribution in [0.25, 0.3) is 0 Å². The van der Waals surface area contributed by atoms with Crippen molar-refractivity contribution in [3.63, 3.8) is 0 Å². The Kier molecular flexibility index (Phi) is 6.95. The summed E-state index contributed by atoms with van der Waals surface area (Å²) in [6, 6.07) is 9.87. The Morgan fingerprint density at radius 3 is 2.30 bits per heavy atom. The number of aromatic nitrogens is 1. The molecule has 0 spiro atoms. The second kappa shape index (κ2) is 9.28. The fourth-order valence-electron chi connectivity index (χ4n) is 3.82. The number of benzene rings is 1. The van der Waals surface area contributed by atoms with E-state index in [-0.39, 0.29) is 29.3 Å². The molecule has 2 heterocycles. The average molecular weight is 435 g/mol. The number of carbonyl (C=O) groups excluding carboxylic acids is 1. The highest BCUT2D eigenvalue weighted by Crippen LogP contribution is 2.24. The highest BCUT2D eigenvalue weighted by molar-refractivity contribution is 7.89. The van der Waals surface area contributed by atoms with Crippen molar-refractivity contribution < 1.29 is 17.7 Å². The van der Waals surface area contributed by atoms with Gasteiger partial charge in [0.15, 0.2) is 5.76 Å². The smallest absolute Gasteiger partial charge is 0.248 e. The van der Waals surface area contributed by atoms with Gasteiger partial charge in [-0.25, -0.2) is 8.42 Å². The van der Waals surface area contributed by atoms with Crippen molar-refractivity contribution >= 4 is 15.9 Å². The lowest BCUT2D eigenvalue weighted by molar-refractivity contribution is -0.123. The van der Waals surface area contributed by atoms with E-state index in [1.807, 2.05) is 35.2 Å². The van der Waals surface area contributed by atoms with Gasteiger partial charge in [-0.05, 0) is 25.3 Å². The molecule has 8 nitrogen and oxygen atoms in total. The summed E-state index contributed by atoms with van der Waals surface area (Å²) in [4.78, 5) is 14.8. The van der Waals surface area contributed by atoms with E-state index in [9.17, 15) is 13.2 Å². The summed E-state index contributed by atoms with van der Waals surface area (Å²) in [5.41, 5.74) is 1.45. The van der Waals surface area contributed by atoms with Crippen LogP contribution in [0.2, 0.25) is 0 Å². The largest absolute Gasteiger partial charge is 0.360 e. The molecule has 1 aliphatic rings. The van der Waals surface area contributed by atoms with Crippen molar-refractivity contribution in [3.05, 3.63) is 47.3 Å². The minimum absolute atomic E-state index is 0.0556. The van der Waals surface area contributed by atoms with Crippen LogP contribution in [0.15, 0.2) is 39.8 Å². The molecule has 1 N–H and O–H groups in total. The van der Waals surface area contributed by atoms with Gasteiger partial charge >= 0.3 is 0 Å². The van der Waals surface area contributed by atoms with E-state index in [0.29, 0.717) is 37.6 Å². The lowest BCUT2D eigenvalue weighted by Gasteiger charge is -2.34. The number of carbonyl (C=O) groups is 1. The summed E-state index contributed by atoms with van der Waals surface area (Å²) in [6.45, 7) is 9.27. The molecule has 1 atom stereocenters. The standard InChI is InChI=1S/C21H30N4O4S/c1-15(2)20(18-8-6-5-7-9-18)22-19(26)14-24-10-12-25(13-11-24)30(27,28)21-16(3)23-29-17(21)4/h5-9,15,20H,10-14H2,1-4H3,(H,22,26). The predicted octanol–water partition coefficient (Wildman–Crippen LogP) is 2.11. The molecule has 2 aromatic rings. The number of nitrogens with zero attached hydrogens (tertiary/aromatic N) is 3. The minimum atomic E-state index is -3.65. The number of nitrogens with one attached hydrogen (secondary N) is 1. The minimum Gasteiger partial charge on any atom is -0.360 e. The van der Waals surface area contributed by atoms with Gasteiger partial charge in [0.2, 0.25) is 15.9 Å². The van der Waals surface area contributed by atoms with Gasteiger partial charge in [0, 0.05) is 26.2 Å². The summed E-state index contributed by atoms with van der Waals surface area (Å²) in [5.74, 6) is 0.503. The monoisotopic (exact) mass is 434 g/mol. The molecule has 1 fully saturated rings. The molecule has 0 saturated carbocycles. The number of aryl methyl sites for hydroxylation is 2. The molecule has 1 unspecified atom stereocenters. The van der Waals surface area contributed by atoms with Crippen LogP contribution in [0.4, 0.5) is 0 Å². The van der Waals surface area contributed by atoms with Crippen LogP contribution in [0.1, 0.15) is 36.9 Å². The highest BCUT2D eigenvalue weighted by atomic mass is 32.2. The molecule has 30 heavy (non-hydrogen) atoms. The third kappa shape index (κ3) is 4.91. The van der Waals surface area contributed by atoms with Gasteiger partial charge in [0.05, 0.1) is 12.6 Å². The molecular formula is C21H30N4O4S. The van der Waals surface area contributed by atoms with E-state index >= 15 is 0 Å². The van der Waals surface area contributed by atoms with Crippen LogP contribution in [0.3, 0.4) is 0 Å². The first-order valence-electron chi connectivity index (χ1n) is 10.2. The topological polar surface area (TPSA) is 95.8 Å². The van der Waals surface area contributed by atoms with Gasteiger partial charge in [-0.3, -0.25) is 9.69 Å².